The summed E-state index contributed by atoms with van der Waals surface area (Å²) in [6.45, 7) is 9.30. The summed E-state index contributed by atoms with van der Waals surface area (Å²) in [7, 11) is 0. The smallest absolute Gasteiger partial charge is 0.225 e. The molecule has 1 saturated heterocycles. The largest absolute Gasteiger partial charge is 0.378 e. The topological polar surface area (TPSA) is 53.6 Å². The zero-order chi connectivity index (χ0) is 16.5. The first kappa shape index (κ1) is 17.8. The standard InChI is InChI=1S/C18H29N3O2/c1-15(2)7-9-19-10-8-18(22)20-16-5-3-4-6-17(16)21-11-13-23-14-12-21/h3-6,15,19H,7-14H2,1-2H3,(H,20,22). The van der Waals surface area contributed by atoms with Crippen LogP contribution >= 0.6 is 0 Å². The van der Waals surface area contributed by atoms with E-state index in [1.54, 1.807) is 0 Å². The number of ether oxygens (including phenoxy) is 1. The molecule has 1 aliphatic heterocycles. The van der Waals surface area contributed by atoms with Crippen molar-refractivity contribution in [2.45, 2.75) is 26.7 Å². The lowest BCUT2D eigenvalue weighted by molar-refractivity contribution is -0.116. The van der Waals surface area contributed by atoms with Gasteiger partial charge in [-0.05, 0) is 31.0 Å². The molecular formula is C18H29N3O2. The Morgan fingerprint density at radius 1 is 1.22 bits per heavy atom. The summed E-state index contributed by atoms with van der Waals surface area (Å²) < 4.78 is 5.40. The third-order valence-corrected chi connectivity index (χ3v) is 3.96. The van der Waals surface area contributed by atoms with Crippen molar-refractivity contribution in [3.05, 3.63) is 24.3 Å². The van der Waals surface area contributed by atoms with Crippen LogP contribution < -0.4 is 15.5 Å². The van der Waals surface area contributed by atoms with Gasteiger partial charge in [0.2, 0.25) is 5.91 Å². The summed E-state index contributed by atoms with van der Waals surface area (Å²) in [6.07, 6.45) is 1.64. The van der Waals surface area contributed by atoms with E-state index in [2.05, 4.69) is 35.4 Å². The van der Waals surface area contributed by atoms with Gasteiger partial charge >= 0.3 is 0 Å². The van der Waals surface area contributed by atoms with Crippen LogP contribution in [0.25, 0.3) is 0 Å². The Kier molecular flexibility index (Phi) is 7.36. The molecule has 0 spiro atoms. The van der Waals surface area contributed by atoms with Gasteiger partial charge in [-0.3, -0.25) is 4.79 Å². The molecule has 2 N–H and O–H groups in total. The van der Waals surface area contributed by atoms with E-state index < -0.39 is 0 Å². The van der Waals surface area contributed by atoms with Crippen molar-refractivity contribution < 1.29 is 9.53 Å². The summed E-state index contributed by atoms with van der Waals surface area (Å²) in [5.41, 5.74) is 1.97. The minimum Gasteiger partial charge on any atom is -0.378 e. The Balaban J connectivity index is 1.81. The number of nitrogens with zero attached hydrogens (tertiary/aromatic N) is 1. The first-order chi connectivity index (χ1) is 11.2. The molecule has 2 rings (SSSR count). The van der Waals surface area contributed by atoms with Gasteiger partial charge in [0.1, 0.15) is 0 Å². The van der Waals surface area contributed by atoms with Crippen molar-refractivity contribution in [3.8, 4) is 0 Å². The number of morpholine rings is 1. The fourth-order valence-corrected chi connectivity index (χ4v) is 2.59. The number of rotatable bonds is 8. The second-order valence-electron chi connectivity index (χ2n) is 6.35. The molecule has 23 heavy (non-hydrogen) atoms. The second-order valence-corrected chi connectivity index (χ2v) is 6.35. The van der Waals surface area contributed by atoms with Crippen LogP contribution in [0.15, 0.2) is 24.3 Å². The van der Waals surface area contributed by atoms with Gasteiger partial charge in [0.25, 0.3) is 0 Å². The van der Waals surface area contributed by atoms with Crippen LogP contribution in [0, 0.1) is 5.92 Å². The number of benzene rings is 1. The molecule has 1 fully saturated rings. The van der Waals surface area contributed by atoms with Crippen molar-refractivity contribution in [2.24, 2.45) is 5.92 Å². The molecule has 0 bridgehead atoms. The zero-order valence-corrected chi connectivity index (χ0v) is 14.3. The van der Waals surface area contributed by atoms with Gasteiger partial charge in [-0.1, -0.05) is 26.0 Å². The molecule has 0 radical (unpaired) electrons. The molecular weight excluding hydrogens is 290 g/mol. The van der Waals surface area contributed by atoms with Crippen LogP contribution in [0.2, 0.25) is 0 Å². The highest BCUT2D eigenvalue weighted by atomic mass is 16.5. The van der Waals surface area contributed by atoms with E-state index in [0.717, 1.165) is 57.2 Å². The minimum absolute atomic E-state index is 0.0581. The zero-order valence-electron chi connectivity index (χ0n) is 14.3. The molecule has 1 aliphatic rings. The maximum atomic E-state index is 12.2. The maximum Gasteiger partial charge on any atom is 0.225 e. The number of amides is 1. The number of nitrogens with one attached hydrogen (secondary N) is 2. The molecule has 0 aromatic heterocycles. The second kappa shape index (κ2) is 9.53. The predicted octanol–water partition coefficient (Wildman–Crippen LogP) is 2.49. The van der Waals surface area contributed by atoms with Crippen molar-refractivity contribution in [1.82, 2.24) is 5.32 Å². The highest BCUT2D eigenvalue weighted by molar-refractivity contribution is 5.94. The number of carbonyl (C=O) groups is 1. The lowest BCUT2D eigenvalue weighted by atomic mass is 10.1. The Labute approximate surface area is 139 Å². The lowest BCUT2D eigenvalue weighted by Crippen LogP contribution is -2.36. The molecule has 0 saturated carbocycles. The van der Waals surface area contributed by atoms with E-state index in [4.69, 9.17) is 4.74 Å². The molecule has 1 heterocycles. The van der Waals surface area contributed by atoms with Crippen LogP contribution in [0.1, 0.15) is 26.7 Å². The number of para-hydroxylation sites is 2. The Morgan fingerprint density at radius 2 is 1.96 bits per heavy atom. The summed E-state index contributed by atoms with van der Waals surface area (Å²) >= 11 is 0. The van der Waals surface area contributed by atoms with Crippen molar-refractivity contribution in [2.75, 3.05) is 49.6 Å². The molecule has 1 aromatic carbocycles. The SMILES string of the molecule is CC(C)CCNCCC(=O)Nc1ccccc1N1CCOCC1. The number of anilines is 2. The highest BCUT2D eigenvalue weighted by Crippen LogP contribution is 2.26. The maximum absolute atomic E-state index is 12.2. The minimum atomic E-state index is 0.0581. The van der Waals surface area contributed by atoms with Crippen LogP contribution in [0.4, 0.5) is 11.4 Å². The van der Waals surface area contributed by atoms with Gasteiger partial charge in [0.15, 0.2) is 0 Å². The number of carbonyl (C=O) groups excluding carboxylic acids is 1. The third-order valence-electron chi connectivity index (χ3n) is 3.96. The third kappa shape index (κ3) is 6.20. The molecule has 5 nitrogen and oxygen atoms in total. The van der Waals surface area contributed by atoms with E-state index in [0.29, 0.717) is 12.3 Å². The summed E-state index contributed by atoms with van der Waals surface area (Å²) in [6, 6.07) is 7.99. The highest BCUT2D eigenvalue weighted by Gasteiger charge is 2.15. The van der Waals surface area contributed by atoms with E-state index in [1.807, 2.05) is 18.2 Å². The first-order valence-electron chi connectivity index (χ1n) is 8.59. The van der Waals surface area contributed by atoms with Gasteiger partial charge in [0, 0.05) is 26.1 Å². The molecule has 128 valence electrons. The average molecular weight is 319 g/mol. The van der Waals surface area contributed by atoms with Crippen molar-refractivity contribution >= 4 is 17.3 Å². The molecule has 0 unspecified atom stereocenters. The quantitative estimate of drug-likeness (QED) is 0.723. The number of hydrogen-bond donors (Lipinski definition) is 2. The van der Waals surface area contributed by atoms with Crippen LogP contribution in [-0.2, 0) is 9.53 Å². The Bertz CT molecular complexity index is 485. The van der Waals surface area contributed by atoms with Gasteiger partial charge in [-0.25, -0.2) is 0 Å². The predicted molar refractivity (Wildman–Crippen MR) is 95.0 cm³/mol. The van der Waals surface area contributed by atoms with Gasteiger partial charge < -0.3 is 20.3 Å². The first-order valence-corrected chi connectivity index (χ1v) is 8.59. The summed E-state index contributed by atoms with van der Waals surface area (Å²) in [5.74, 6) is 0.750. The molecule has 1 aromatic rings. The summed E-state index contributed by atoms with van der Waals surface area (Å²) in [5, 5.41) is 6.37. The Hall–Kier alpha value is -1.59. The number of hydrogen-bond acceptors (Lipinski definition) is 4. The molecule has 1 amide bonds. The van der Waals surface area contributed by atoms with Crippen LogP contribution in [0.5, 0.6) is 0 Å². The monoisotopic (exact) mass is 319 g/mol. The van der Waals surface area contributed by atoms with Gasteiger partial charge in [0.05, 0.1) is 24.6 Å². The van der Waals surface area contributed by atoms with Crippen molar-refractivity contribution in [1.29, 1.82) is 0 Å². The van der Waals surface area contributed by atoms with E-state index in [-0.39, 0.29) is 5.91 Å². The van der Waals surface area contributed by atoms with Gasteiger partial charge in [-0.15, -0.1) is 0 Å². The van der Waals surface area contributed by atoms with E-state index in [1.165, 1.54) is 0 Å². The fourth-order valence-electron chi connectivity index (χ4n) is 2.59. The van der Waals surface area contributed by atoms with Crippen LogP contribution in [0.3, 0.4) is 0 Å². The van der Waals surface area contributed by atoms with Gasteiger partial charge in [-0.2, -0.15) is 0 Å². The fraction of sp³-hybridized carbons (Fsp3) is 0.611. The van der Waals surface area contributed by atoms with Crippen LogP contribution in [-0.4, -0.2) is 45.3 Å². The normalized spacial score (nSPS) is 15.0. The molecule has 0 aliphatic carbocycles. The van der Waals surface area contributed by atoms with Crippen molar-refractivity contribution in [3.63, 3.8) is 0 Å². The average Bonchev–Trinajstić information content (AvgIpc) is 2.55. The van der Waals surface area contributed by atoms with E-state index in [9.17, 15) is 4.79 Å². The molecule has 5 heteroatoms. The molecule has 0 atom stereocenters. The summed E-state index contributed by atoms with van der Waals surface area (Å²) in [4.78, 5) is 14.4. The lowest BCUT2D eigenvalue weighted by Gasteiger charge is -2.30. The Morgan fingerprint density at radius 3 is 2.70 bits per heavy atom. The van der Waals surface area contributed by atoms with E-state index >= 15 is 0 Å².